The topological polar surface area (TPSA) is 59.0 Å². The van der Waals surface area contributed by atoms with Gasteiger partial charge in [-0.3, -0.25) is 4.79 Å². The van der Waals surface area contributed by atoms with E-state index < -0.39 is 24.2 Å². The Morgan fingerprint density at radius 3 is 2.45 bits per heavy atom. The first kappa shape index (κ1) is 21.0. The van der Waals surface area contributed by atoms with Gasteiger partial charge in [0.15, 0.2) is 11.7 Å². The number of aromatic nitrogens is 2. The van der Waals surface area contributed by atoms with E-state index in [9.17, 15) is 18.0 Å². The molecule has 8 heteroatoms. The monoisotopic (exact) mass is 428 g/mol. The molecule has 0 spiro atoms. The number of fused-ring (bicyclic) bond motifs is 1. The summed E-state index contributed by atoms with van der Waals surface area (Å²) in [7, 11) is 0. The van der Waals surface area contributed by atoms with Gasteiger partial charge in [0.2, 0.25) is 0 Å². The highest BCUT2D eigenvalue weighted by atomic mass is 19.4. The van der Waals surface area contributed by atoms with E-state index in [0.717, 1.165) is 27.8 Å². The fraction of sp³-hybridized carbons (Fsp3) is 0.304. The molecule has 2 N–H and O–H groups in total. The summed E-state index contributed by atoms with van der Waals surface area (Å²) in [5.41, 5.74) is 3.40. The van der Waals surface area contributed by atoms with Crippen molar-refractivity contribution in [3.8, 4) is 0 Å². The molecular weight excluding hydrogens is 405 g/mol. The second-order valence-corrected chi connectivity index (χ2v) is 7.76. The molecule has 31 heavy (non-hydrogen) atoms. The molecule has 2 heterocycles. The second-order valence-electron chi connectivity index (χ2n) is 7.76. The lowest BCUT2D eigenvalue weighted by Crippen LogP contribution is -2.35. The van der Waals surface area contributed by atoms with E-state index >= 15 is 0 Å². The Morgan fingerprint density at radius 2 is 1.84 bits per heavy atom. The second kappa shape index (κ2) is 8.09. The van der Waals surface area contributed by atoms with Crippen LogP contribution in [0.2, 0.25) is 0 Å². The van der Waals surface area contributed by atoms with E-state index in [1.807, 2.05) is 50.2 Å². The van der Waals surface area contributed by atoms with Crippen LogP contribution >= 0.6 is 0 Å². The quantitative estimate of drug-likeness (QED) is 0.563. The normalized spacial score (nSPS) is 18.2. The largest absolute Gasteiger partial charge is 0.410 e. The van der Waals surface area contributed by atoms with Gasteiger partial charge in [0.05, 0.1) is 6.04 Å². The minimum absolute atomic E-state index is 0.0686. The molecular formula is C23H23F3N4O. The number of aryl methyl sites for hydroxylation is 2. The molecule has 0 unspecified atom stereocenters. The molecule has 1 aliphatic rings. The summed E-state index contributed by atoms with van der Waals surface area (Å²) in [6, 6.07) is 13.7. The van der Waals surface area contributed by atoms with Crippen molar-refractivity contribution in [2.75, 3.05) is 10.6 Å². The molecule has 0 radical (unpaired) electrons. The summed E-state index contributed by atoms with van der Waals surface area (Å²) in [6.07, 6.45) is -3.83. The molecule has 4 rings (SSSR count). The zero-order valence-corrected chi connectivity index (χ0v) is 17.2. The maximum Gasteiger partial charge on any atom is 0.410 e. The molecule has 2 atom stereocenters. The zero-order chi connectivity index (χ0) is 22.2. The highest BCUT2D eigenvalue weighted by molar-refractivity contribution is 6.03. The number of anilines is 2. The standard InChI is InChI=1S/C23H23F3N4O/c1-3-15-6-10-17(11-7-15)27-22(31)19-13-21-28-18(16-8-4-14(2)5-9-16)12-20(23(24,25)26)30(21)29-19/h4-11,13,18,20,28H,3,12H2,1-2H3,(H,27,31)/t18-,20-/m0/s1. The van der Waals surface area contributed by atoms with Crippen LogP contribution in [0.25, 0.3) is 0 Å². The van der Waals surface area contributed by atoms with E-state index in [-0.39, 0.29) is 17.9 Å². The van der Waals surface area contributed by atoms with Crippen molar-refractivity contribution in [3.63, 3.8) is 0 Å². The molecule has 0 fully saturated rings. The number of carbonyl (C=O) groups excluding carboxylic acids is 1. The Labute approximate surface area is 178 Å². The summed E-state index contributed by atoms with van der Waals surface area (Å²) < 4.78 is 42.3. The summed E-state index contributed by atoms with van der Waals surface area (Å²) in [5.74, 6) is -0.383. The van der Waals surface area contributed by atoms with Crippen LogP contribution < -0.4 is 10.6 Å². The maximum absolute atomic E-state index is 13.8. The van der Waals surface area contributed by atoms with Gasteiger partial charge in [-0.1, -0.05) is 48.9 Å². The van der Waals surface area contributed by atoms with E-state index in [1.54, 1.807) is 12.1 Å². The van der Waals surface area contributed by atoms with Gasteiger partial charge in [0, 0.05) is 18.2 Å². The molecule has 0 aliphatic carbocycles. The average molecular weight is 428 g/mol. The SMILES string of the molecule is CCc1ccc(NC(=O)c2cc3n(n2)[C@H](C(F)(F)F)C[C@@H](c2ccc(C)cc2)N3)cc1. The van der Waals surface area contributed by atoms with E-state index in [0.29, 0.717) is 5.69 Å². The number of nitrogens with one attached hydrogen (secondary N) is 2. The Bertz CT molecular complexity index is 1070. The minimum atomic E-state index is -4.49. The number of rotatable bonds is 4. The highest BCUT2D eigenvalue weighted by Gasteiger charge is 2.46. The van der Waals surface area contributed by atoms with E-state index in [2.05, 4.69) is 15.7 Å². The summed E-state index contributed by atoms with van der Waals surface area (Å²) in [4.78, 5) is 12.6. The number of nitrogens with zero attached hydrogens (tertiary/aromatic N) is 2. The molecule has 0 bridgehead atoms. The van der Waals surface area contributed by atoms with E-state index in [4.69, 9.17) is 0 Å². The lowest BCUT2D eigenvalue weighted by atomic mass is 9.96. The summed E-state index contributed by atoms with van der Waals surface area (Å²) in [5, 5.41) is 9.80. The zero-order valence-electron chi connectivity index (χ0n) is 17.2. The Balaban J connectivity index is 1.61. The van der Waals surface area contributed by atoms with Crippen molar-refractivity contribution >= 4 is 17.4 Å². The first-order valence-corrected chi connectivity index (χ1v) is 10.1. The molecule has 162 valence electrons. The molecule has 5 nitrogen and oxygen atoms in total. The molecule has 3 aromatic rings. The highest BCUT2D eigenvalue weighted by Crippen LogP contribution is 2.43. The van der Waals surface area contributed by atoms with Gasteiger partial charge in [0.1, 0.15) is 5.82 Å². The van der Waals surface area contributed by atoms with Crippen LogP contribution in [0.5, 0.6) is 0 Å². The molecule has 1 aromatic heterocycles. The third kappa shape index (κ3) is 4.42. The third-order valence-electron chi connectivity index (χ3n) is 5.52. The average Bonchev–Trinajstić information content (AvgIpc) is 3.17. The molecule has 0 saturated heterocycles. The summed E-state index contributed by atoms with van der Waals surface area (Å²) >= 11 is 0. The van der Waals surface area contributed by atoms with Crippen molar-refractivity contribution in [3.05, 3.63) is 77.0 Å². The van der Waals surface area contributed by atoms with Crippen LogP contribution in [-0.4, -0.2) is 21.9 Å². The molecule has 2 aromatic carbocycles. The maximum atomic E-state index is 13.8. The van der Waals surface area contributed by atoms with Gasteiger partial charge < -0.3 is 10.6 Å². The van der Waals surface area contributed by atoms with Gasteiger partial charge in [-0.05, 0) is 36.6 Å². The lowest BCUT2D eigenvalue weighted by molar-refractivity contribution is -0.173. The predicted molar refractivity (Wildman–Crippen MR) is 113 cm³/mol. The Kier molecular flexibility index (Phi) is 5.47. The van der Waals surface area contributed by atoms with Crippen LogP contribution in [-0.2, 0) is 6.42 Å². The number of halogens is 3. The van der Waals surface area contributed by atoms with Gasteiger partial charge in [-0.25, -0.2) is 4.68 Å². The number of hydrogen-bond donors (Lipinski definition) is 2. The van der Waals surface area contributed by atoms with Crippen molar-refractivity contribution in [1.29, 1.82) is 0 Å². The fourth-order valence-electron chi connectivity index (χ4n) is 3.72. The van der Waals surface area contributed by atoms with Crippen LogP contribution in [0.4, 0.5) is 24.7 Å². The van der Waals surface area contributed by atoms with Gasteiger partial charge in [0.25, 0.3) is 5.91 Å². The smallest absolute Gasteiger partial charge is 0.363 e. The Morgan fingerprint density at radius 1 is 1.16 bits per heavy atom. The minimum Gasteiger partial charge on any atom is -0.363 e. The lowest BCUT2D eigenvalue weighted by Gasteiger charge is -2.33. The van der Waals surface area contributed by atoms with E-state index in [1.165, 1.54) is 6.07 Å². The Hall–Kier alpha value is -3.29. The number of hydrogen-bond acceptors (Lipinski definition) is 3. The van der Waals surface area contributed by atoms with Crippen molar-refractivity contribution in [2.24, 2.45) is 0 Å². The molecule has 0 saturated carbocycles. The van der Waals surface area contributed by atoms with Gasteiger partial charge >= 0.3 is 6.18 Å². The van der Waals surface area contributed by atoms with Crippen molar-refractivity contribution < 1.29 is 18.0 Å². The first-order chi connectivity index (χ1) is 14.7. The fourth-order valence-corrected chi connectivity index (χ4v) is 3.72. The van der Waals surface area contributed by atoms with Crippen LogP contribution in [0.1, 0.15) is 52.6 Å². The van der Waals surface area contributed by atoms with Crippen LogP contribution in [0, 0.1) is 6.92 Å². The van der Waals surface area contributed by atoms with Crippen LogP contribution in [0.3, 0.4) is 0 Å². The number of benzene rings is 2. The number of carbonyl (C=O) groups is 1. The van der Waals surface area contributed by atoms with Gasteiger partial charge in [-0.15, -0.1) is 0 Å². The summed E-state index contributed by atoms with van der Waals surface area (Å²) in [6.45, 7) is 3.95. The van der Waals surface area contributed by atoms with Crippen molar-refractivity contribution in [2.45, 2.75) is 44.9 Å². The predicted octanol–water partition coefficient (Wildman–Crippen LogP) is 5.67. The number of alkyl halides is 3. The first-order valence-electron chi connectivity index (χ1n) is 10.1. The van der Waals surface area contributed by atoms with Crippen LogP contribution in [0.15, 0.2) is 54.6 Å². The number of amides is 1. The molecule has 1 amide bonds. The van der Waals surface area contributed by atoms with Gasteiger partial charge in [-0.2, -0.15) is 18.3 Å². The molecule has 1 aliphatic heterocycles. The third-order valence-corrected chi connectivity index (χ3v) is 5.52. The van der Waals surface area contributed by atoms with Crippen molar-refractivity contribution in [1.82, 2.24) is 9.78 Å².